The van der Waals surface area contributed by atoms with E-state index in [-0.39, 0.29) is 11.9 Å². The molecule has 1 unspecified atom stereocenters. The van der Waals surface area contributed by atoms with Crippen molar-refractivity contribution in [1.29, 1.82) is 0 Å². The lowest BCUT2D eigenvalue weighted by Crippen LogP contribution is -2.23. The van der Waals surface area contributed by atoms with E-state index in [4.69, 9.17) is 0 Å². The summed E-state index contributed by atoms with van der Waals surface area (Å²) in [5.41, 5.74) is 2.64. The minimum absolute atomic E-state index is 0.211. The van der Waals surface area contributed by atoms with E-state index in [1.165, 1.54) is 12.1 Å². The molecule has 1 fully saturated rings. The average molecular weight is 354 g/mol. The van der Waals surface area contributed by atoms with Crippen LogP contribution in [-0.4, -0.2) is 37.9 Å². The van der Waals surface area contributed by atoms with Gasteiger partial charge >= 0.3 is 0 Å². The summed E-state index contributed by atoms with van der Waals surface area (Å²) < 4.78 is 13.4. The molecule has 3 heterocycles. The third-order valence-corrected chi connectivity index (χ3v) is 4.77. The van der Waals surface area contributed by atoms with Gasteiger partial charge in [0.2, 0.25) is 5.95 Å². The molecular formula is C19H23FN6. The molecule has 0 aliphatic carbocycles. The first kappa shape index (κ1) is 16.9. The Labute approximate surface area is 151 Å². The molecule has 7 heteroatoms. The lowest BCUT2D eigenvalue weighted by atomic mass is 10.2. The number of benzene rings is 1. The Kier molecular flexibility index (Phi) is 4.79. The first-order chi connectivity index (χ1) is 12.7. The molecule has 26 heavy (non-hydrogen) atoms. The van der Waals surface area contributed by atoms with Crippen molar-refractivity contribution in [1.82, 2.24) is 24.8 Å². The van der Waals surface area contributed by atoms with Crippen LogP contribution in [0.2, 0.25) is 0 Å². The number of halogens is 1. The van der Waals surface area contributed by atoms with E-state index in [0.29, 0.717) is 5.95 Å². The standard InChI is InChI=1S/C19H23FN6/c1-2-7-21-19-22-10-13(11-23-19)12-26-8-3-4-17(26)18-24-15-6-5-14(20)9-16(15)25-18/h5-6,9-11,17H,2-4,7-8,12H2,1H3,(H,24,25)(H,21,22,23). The van der Waals surface area contributed by atoms with Gasteiger partial charge in [0, 0.05) is 31.0 Å². The Bertz CT molecular complexity index is 875. The van der Waals surface area contributed by atoms with Crippen LogP contribution in [0, 0.1) is 5.82 Å². The molecule has 4 rings (SSSR count). The molecule has 2 N–H and O–H groups in total. The third-order valence-electron chi connectivity index (χ3n) is 4.77. The lowest BCUT2D eigenvalue weighted by Gasteiger charge is -2.22. The first-order valence-corrected chi connectivity index (χ1v) is 9.17. The number of nitrogens with one attached hydrogen (secondary N) is 2. The zero-order chi connectivity index (χ0) is 17.9. The van der Waals surface area contributed by atoms with Gasteiger partial charge < -0.3 is 10.3 Å². The molecule has 0 amide bonds. The normalized spacial score (nSPS) is 17.8. The van der Waals surface area contributed by atoms with Crippen molar-refractivity contribution < 1.29 is 4.39 Å². The Balaban J connectivity index is 1.49. The van der Waals surface area contributed by atoms with Gasteiger partial charge in [-0.2, -0.15) is 0 Å². The monoisotopic (exact) mass is 354 g/mol. The summed E-state index contributed by atoms with van der Waals surface area (Å²) in [6, 6.07) is 4.88. The number of hydrogen-bond donors (Lipinski definition) is 2. The zero-order valence-corrected chi connectivity index (χ0v) is 14.9. The maximum Gasteiger partial charge on any atom is 0.222 e. The van der Waals surface area contributed by atoms with Gasteiger partial charge in [-0.1, -0.05) is 6.92 Å². The summed E-state index contributed by atoms with van der Waals surface area (Å²) in [6.07, 6.45) is 6.97. The highest BCUT2D eigenvalue weighted by Gasteiger charge is 2.28. The molecule has 0 radical (unpaired) electrons. The summed E-state index contributed by atoms with van der Waals surface area (Å²) in [7, 11) is 0. The fourth-order valence-electron chi connectivity index (χ4n) is 3.48. The minimum Gasteiger partial charge on any atom is -0.354 e. The smallest absolute Gasteiger partial charge is 0.222 e. The second-order valence-electron chi connectivity index (χ2n) is 6.75. The van der Waals surface area contributed by atoms with Gasteiger partial charge in [0.1, 0.15) is 11.6 Å². The number of anilines is 1. The van der Waals surface area contributed by atoms with E-state index in [1.54, 1.807) is 6.07 Å². The lowest BCUT2D eigenvalue weighted by molar-refractivity contribution is 0.240. The maximum atomic E-state index is 13.4. The van der Waals surface area contributed by atoms with Crippen molar-refractivity contribution in [3.8, 4) is 0 Å². The SMILES string of the molecule is CCCNc1ncc(CN2CCCC2c2nc3ccc(F)cc3[nH]2)cn1. The number of nitrogens with zero attached hydrogens (tertiary/aromatic N) is 4. The molecule has 3 aromatic rings. The van der Waals surface area contributed by atoms with Gasteiger partial charge in [0.05, 0.1) is 17.1 Å². The van der Waals surface area contributed by atoms with Crippen molar-refractivity contribution in [2.45, 2.75) is 38.8 Å². The predicted molar refractivity (Wildman–Crippen MR) is 99.2 cm³/mol. The number of hydrogen-bond acceptors (Lipinski definition) is 5. The quantitative estimate of drug-likeness (QED) is 0.707. The number of H-pyrrole nitrogens is 1. The predicted octanol–water partition coefficient (Wildman–Crippen LogP) is 3.65. The van der Waals surface area contributed by atoms with Crippen LogP contribution in [0.4, 0.5) is 10.3 Å². The van der Waals surface area contributed by atoms with E-state index in [1.807, 2.05) is 12.4 Å². The van der Waals surface area contributed by atoms with Crippen molar-refractivity contribution in [2.75, 3.05) is 18.4 Å². The molecule has 0 spiro atoms. The second-order valence-corrected chi connectivity index (χ2v) is 6.75. The molecule has 0 bridgehead atoms. The Morgan fingerprint density at radius 2 is 2.15 bits per heavy atom. The first-order valence-electron chi connectivity index (χ1n) is 9.17. The molecule has 6 nitrogen and oxygen atoms in total. The van der Waals surface area contributed by atoms with E-state index >= 15 is 0 Å². The summed E-state index contributed by atoms with van der Waals surface area (Å²) in [6.45, 7) is 4.78. The number of aromatic nitrogens is 4. The second kappa shape index (κ2) is 7.37. The van der Waals surface area contributed by atoms with Gasteiger partial charge in [-0.15, -0.1) is 0 Å². The summed E-state index contributed by atoms with van der Waals surface area (Å²) in [5.74, 6) is 1.34. The highest BCUT2D eigenvalue weighted by Crippen LogP contribution is 2.32. The van der Waals surface area contributed by atoms with Crippen LogP contribution in [0.1, 0.15) is 43.6 Å². The van der Waals surface area contributed by atoms with Crippen LogP contribution < -0.4 is 5.32 Å². The fourth-order valence-corrected chi connectivity index (χ4v) is 3.48. The third kappa shape index (κ3) is 3.53. The van der Waals surface area contributed by atoms with Gasteiger partial charge in [-0.3, -0.25) is 4.90 Å². The highest BCUT2D eigenvalue weighted by atomic mass is 19.1. The zero-order valence-electron chi connectivity index (χ0n) is 14.9. The van der Waals surface area contributed by atoms with Crippen molar-refractivity contribution in [3.05, 3.63) is 47.8 Å². The van der Waals surface area contributed by atoms with Crippen LogP contribution in [0.5, 0.6) is 0 Å². The molecule has 136 valence electrons. The maximum absolute atomic E-state index is 13.4. The number of imidazole rings is 1. The van der Waals surface area contributed by atoms with Crippen LogP contribution in [0.25, 0.3) is 11.0 Å². The van der Waals surface area contributed by atoms with E-state index in [0.717, 1.165) is 61.3 Å². The van der Waals surface area contributed by atoms with Crippen LogP contribution in [0.15, 0.2) is 30.6 Å². The molecule has 1 aliphatic rings. The highest BCUT2D eigenvalue weighted by molar-refractivity contribution is 5.75. The number of likely N-dealkylation sites (tertiary alicyclic amines) is 1. The largest absolute Gasteiger partial charge is 0.354 e. The number of fused-ring (bicyclic) bond motifs is 1. The van der Waals surface area contributed by atoms with Gasteiger partial charge in [0.25, 0.3) is 0 Å². The Morgan fingerprint density at radius 1 is 1.31 bits per heavy atom. The number of aromatic amines is 1. The molecule has 1 aliphatic heterocycles. The summed E-state index contributed by atoms with van der Waals surface area (Å²) in [4.78, 5) is 19.1. The topological polar surface area (TPSA) is 69.7 Å². The minimum atomic E-state index is -0.245. The van der Waals surface area contributed by atoms with Gasteiger partial charge in [0.15, 0.2) is 0 Å². The molecular weight excluding hydrogens is 331 g/mol. The molecule has 1 atom stereocenters. The molecule has 1 saturated heterocycles. The molecule has 1 aromatic carbocycles. The van der Waals surface area contributed by atoms with E-state index in [2.05, 4.69) is 37.1 Å². The van der Waals surface area contributed by atoms with E-state index in [9.17, 15) is 4.39 Å². The average Bonchev–Trinajstić information content (AvgIpc) is 3.27. The number of rotatable bonds is 6. The van der Waals surface area contributed by atoms with Gasteiger partial charge in [-0.05, 0) is 44.0 Å². The van der Waals surface area contributed by atoms with Crippen LogP contribution in [0.3, 0.4) is 0 Å². The molecule has 2 aromatic heterocycles. The van der Waals surface area contributed by atoms with Gasteiger partial charge in [-0.25, -0.2) is 19.3 Å². The van der Waals surface area contributed by atoms with Crippen molar-refractivity contribution >= 4 is 17.0 Å². The van der Waals surface area contributed by atoms with Crippen molar-refractivity contribution in [3.63, 3.8) is 0 Å². The van der Waals surface area contributed by atoms with Crippen molar-refractivity contribution in [2.24, 2.45) is 0 Å². The summed E-state index contributed by atoms with van der Waals surface area (Å²) in [5, 5.41) is 3.19. The van der Waals surface area contributed by atoms with E-state index < -0.39 is 0 Å². The molecule has 0 saturated carbocycles. The fraction of sp³-hybridized carbons (Fsp3) is 0.421. The van der Waals surface area contributed by atoms with Crippen LogP contribution >= 0.6 is 0 Å². The summed E-state index contributed by atoms with van der Waals surface area (Å²) >= 11 is 0. The Morgan fingerprint density at radius 3 is 2.96 bits per heavy atom. The Hall–Kier alpha value is -2.54. The van der Waals surface area contributed by atoms with Crippen LogP contribution in [-0.2, 0) is 6.54 Å².